The highest BCUT2D eigenvalue weighted by Gasteiger charge is 2.32. The van der Waals surface area contributed by atoms with Crippen LogP contribution in [0, 0.1) is 6.92 Å². The van der Waals surface area contributed by atoms with Gasteiger partial charge in [-0.15, -0.1) is 11.3 Å². The van der Waals surface area contributed by atoms with Crippen molar-refractivity contribution >= 4 is 28.2 Å². The van der Waals surface area contributed by atoms with Crippen LogP contribution in [-0.4, -0.2) is 44.4 Å². The molecule has 0 atom stereocenters. The molecule has 152 valence electrons. The zero-order valence-electron chi connectivity index (χ0n) is 17.2. The maximum absolute atomic E-state index is 12.4. The maximum atomic E-state index is 12.4. The van der Waals surface area contributed by atoms with Crippen molar-refractivity contribution in [1.82, 2.24) is 19.9 Å². The third-order valence-corrected chi connectivity index (χ3v) is 5.69. The normalized spacial score (nSPS) is 15.7. The van der Waals surface area contributed by atoms with Crippen LogP contribution in [0.1, 0.15) is 62.3 Å². The first-order valence-corrected chi connectivity index (χ1v) is 10.7. The Hall–Kier alpha value is -2.06. The van der Waals surface area contributed by atoms with Crippen molar-refractivity contribution in [2.24, 2.45) is 5.73 Å². The number of piperidine rings is 1. The number of thiazole rings is 1. The Morgan fingerprint density at radius 1 is 1.36 bits per heavy atom. The van der Waals surface area contributed by atoms with E-state index < -0.39 is 5.54 Å². The van der Waals surface area contributed by atoms with Crippen LogP contribution >= 0.6 is 11.3 Å². The number of rotatable bonds is 6. The molecule has 0 radical (unpaired) electrons. The molecule has 0 unspecified atom stereocenters. The molecular weight excluding hydrogens is 372 g/mol. The fraction of sp³-hybridized carbons (Fsp3) is 0.600. The Balaban J connectivity index is 1.75. The SMILES string of the molecule is CCCc1cc(Nc2ncc(C)s2)nc(C2CCN(C(=O)C(C)(C)N)CC2)n1. The molecule has 1 aliphatic heterocycles. The molecule has 0 aliphatic carbocycles. The van der Waals surface area contributed by atoms with Crippen molar-refractivity contribution in [2.45, 2.75) is 64.8 Å². The molecule has 0 spiro atoms. The molecule has 0 bridgehead atoms. The number of hydrogen-bond acceptors (Lipinski definition) is 7. The standard InChI is InChI=1S/C20H30N6OS/c1-5-6-15-11-16(25-19-22-12-13(2)28-19)24-17(23-15)14-7-9-26(10-8-14)18(27)20(3,4)21/h11-12,14H,5-10,21H2,1-4H3,(H,22,23,24,25). The smallest absolute Gasteiger partial charge is 0.242 e. The number of aryl methyl sites for hydroxylation is 2. The van der Waals surface area contributed by atoms with Crippen LogP contribution in [0.15, 0.2) is 12.3 Å². The summed E-state index contributed by atoms with van der Waals surface area (Å²) in [4.78, 5) is 29.4. The van der Waals surface area contributed by atoms with Gasteiger partial charge in [-0.05, 0) is 40.0 Å². The van der Waals surface area contributed by atoms with Crippen molar-refractivity contribution in [2.75, 3.05) is 18.4 Å². The molecule has 1 fully saturated rings. The second kappa shape index (κ2) is 8.53. The molecule has 3 heterocycles. The van der Waals surface area contributed by atoms with E-state index >= 15 is 0 Å². The van der Waals surface area contributed by atoms with Crippen molar-refractivity contribution in [3.8, 4) is 0 Å². The molecular formula is C20H30N6OS. The summed E-state index contributed by atoms with van der Waals surface area (Å²) in [6, 6.07) is 2.01. The fourth-order valence-electron chi connectivity index (χ4n) is 3.42. The zero-order chi connectivity index (χ0) is 20.3. The van der Waals surface area contributed by atoms with Crippen LogP contribution in [0.3, 0.4) is 0 Å². The van der Waals surface area contributed by atoms with Gasteiger partial charge in [-0.25, -0.2) is 15.0 Å². The molecule has 3 N–H and O–H groups in total. The fourth-order valence-corrected chi connectivity index (χ4v) is 4.09. The van der Waals surface area contributed by atoms with Gasteiger partial charge in [0.15, 0.2) is 5.13 Å². The lowest BCUT2D eigenvalue weighted by molar-refractivity contribution is -0.136. The summed E-state index contributed by atoms with van der Waals surface area (Å²) in [6.45, 7) is 9.10. The minimum Gasteiger partial charge on any atom is -0.341 e. The molecule has 0 saturated carbocycles. The van der Waals surface area contributed by atoms with Crippen LogP contribution in [0.25, 0.3) is 0 Å². The lowest BCUT2D eigenvalue weighted by atomic mass is 9.94. The highest BCUT2D eigenvalue weighted by atomic mass is 32.1. The minimum absolute atomic E-state index is 0.00750. The highest BCUT2D eigenvalue weighted by molar-refractivity contribution is 7.15. The summed E-state index contributed by atoms with van der Waals surface area (Å²) in [5, 5.41) is 4.17. The molecule has 1 saturated heterocycles. The number of hydrogen-bond donors (Lipinski definition) is 2. The predicted molar refractivity (Wildman–Crippen MR) is 113 cm³/mol. The lowest BCUT2D eigenvalue weighted by Crippen LogP contribution is -2.53. The second-order valence-corrected chi connectivity index (χ2v) is 9.28. The van der Waals surface area contributed by atoms with Crippen molar-refractivity contribution < 1.29 is 4.79 Å². The van der Waals surface area contributed by atoms with Crippen LogP contribution in [0.5, 0.6) is 0 Å². The van der Waals surface area contributed by atoms with Gasteiger partial charge in [0, 0.05) is 41.8 Å². The van der Waals surface area contributed by atoms with Gasteiger partial charge in [-0.3, -0.25) is 4.79 Å². The maximum Gasteiger partial charge on any atom is 0.242 e. The molecule has 0 aromatic carbocycles. The summed E-state index contributed by atoms with van der Waals surface area (Å²) in [6.07, 6.45) is 5.51. The minimum atomic E-state index is -0.826. The molecule has 1 aliphatic rings. The Morgan fingerprint density at radius 3 is 2.64 bits per heavy atom. The molecule has 1 amide bonds. The van der Waals surface area contributed by atoms with E-state index in [-0.39, 0.29) is 11.8 Å². The van der Waals surface area contributed by atoms with Crippen molar-refractivity contribution in [3.63, 3.8) is 0 Å². The highest BCUT2D eigenvalue weighted by Crippen LogP contribution is 2.29. The predicted octanol–water partition coefficient (Wildman–Crippen LogP) is 3.38. The van der Waals surface area contributed by atoms with E-state index in [0.29, 0.717) is 13.1 Å². The van der Waals surface area contributed by atoms with Gasteiger partial charge in [-0.2, -0.15) is 0 Å². The first kappa shape index (κ1) is 20.7. The Labute approximate surface area is 170 Å². The van der Waals surface area contributed by atoms with Gasteiger partial charge in [-0.1, -0.05) is 13.3 Å². The zero-order valence-corrected chi connectivity index (χ0v) is 18.0. The number of aromatic nitrogens is 3. The third-order valence-electron chi connectivity index (χ3n) is 4.86. The Morgan fingerprint density at radius 2 is 2.07 bits per heavy atom. The van der Waals surface area contributed by atoms with Crippen molar-refractivity contribution in [1.29, 1.82) is 0 Å². The largest absolute Gasteiger partial charge is 0.341 e. The number of nitrogens with two attached hydrogens (primary N) is 1. The summed E-state index contributed by atoms with van der Waals surface area (Å²) in [7, 11) is 0. The number of amides is 1. The number of carbonyl (C=O) groups is 1. The van der Waals surface area contributed by atoms with E-state index in [0.717, 1.165) is 53.0 Å². The number of nitrogens with one attached hydrogen (secondary N) is 1. The van der Waals surface area contributed by atoms with Crippen LogP contribution in [0.4, 0.5) is 10.9 Å². The van der Waals surface area contributed by atoms with E-state index in [1.54, 1.807) is 25.2 Å². The summed E-state index contributed by atoms with van der Waals surface area (Å²) < 4.78 is 0. The number of likely N-dealkylation sites (tertiary alicyclic amines) is 1. The van der Waals surface area contributed by atoms with E-state index in [1.165, 1.54) is 0 Å². The van der Waals surface area contributed by atoms with E-state index in [9.17, 15) is 4.79 Å². The van der Waals surface area contributed by atoms with Gasteiger partial charge in [0.05, 0.1) is 5.54 Å². The van der Waals surface area contributed by atoms with Crippen LogP contribution in [-0.2, 0) is 11.2 Å². The van der Waals surface area contributed by atoms with Crippen LogP contribution in [0.2, 0.25) is 0 Å². The Kier molecular flexibility index (Phi) is 6.30. The molecule has 3 rings (SSSR count). The molecule has 2 aromatic rings. The first-order valence-electron chi connectivity index (χ1n) is 9.92. The van der Waals surface area contributed by atoms with Gasteiger partial charge in [0.1, 0.15) is 11.6 Å². The van der Waals surface area contributed by atoms with Gasteiger partial charge in [0.25, 0.3) is 0 Å². The lowest BCUT2D eigenvalue weighted by Gasteiger charge is -2.35. The average Bonchev–Trinajstić information content (AvgIpc) is 3.05. The van der Waals surface area contributed by atoms with Gasteiger partial charge in [0.2, 0.25) is 5.91 Å². The third kappa shape index (κ3) is 5.05. The molecule has 2 aromatic heterocycles. The number of carbonyl (C=O) groups excluding carboxylic acids is 1. The van der Waals surface area contributed by atoms with E-state index in [2.05, 4.69) is 17.2 Å². The summed E-state index contributed by atoms with van der Waals surface area (Å²) in [5.74, 6) is 1.92. The van der Waals surface area contributed by atoms with Crippen LogP contribution < -0.4 is 11.1 Å². The first-order chi connectivity index (χ1) is 13.3. The van der Waals surface area contributed by atoms with E-state index in [1.807, 2.05) is 24.1 Å². The monoisotopic (exact) mass is 402 g/mol. The van der Waals surface area contributed by atoms with E-state index in [4.69, 9.17) is 15.7 Å². The van der Waals surface area contributed by atoms with Crippen molar-refractivity contribution in [3.05, 3.63) is 28.7 Å². The summed E-state index contributed by atoms with van der Waals surface area (Å²) >= 11 is 1.61. The quantitative estimate of drug-likeness (QED) is 0.769. The topological polar surface area (TPSA) is 97.0 Å². The molecule has 28 heavy (non-hydrogen) atoms. The second-order valence-electron chi connectivity index (χ2n) is 8.04. The van der Waals surface area contributed by atoms with Gasteiger partial charge >= 0.3 is 0 Å². The molecule has 7 nitrogen and oxygen atoms in total. The molecule has 8 heteroatoms. The Bertz CT molecular complexity index is 820. The average molecular weight is 403 g/mol. The number of anilines is 2. The summed E-state index contributed by atoms with van der Waals surface area (Å²) in [5.41, 5.74) is 6.19. The number of nitrogens with zero attached hydrogens (tertiary/aromatic N) is 4. The van der Waals surface area contributed by atoms with Gasteiger partial charge < -0.3 is 16.0 Å².